The Bertz CT molecular complexity index is 501. The lowest BCUT2D eigenvalue weighted by Crippen LogP contribution is -2.48. The summed E-state index contributed by atoms with van der Waals surface area (Å²) in [5, 5.41) is 2.94. The second-order valence-corrected chi connectivity index (χ2v) is 6.76. The highest BCUT2D eigenvalue weighted by molar-refractivity contribution is 5.86. The number of carbonyl (C=O) groups is 1. The number of carbonyl (C=O) groups excluding carboxylic acids is 1. The number of nitrogens with two attached hydrogens (primary N) is 1. The SMILES string of the molecule is CC(C)C[C@H](N)C(=O)NCCCN1CCN(c2ncccn2)CC1.Cl.Cl.Cl. The fourth-order valence-corrected chi connectivity index (χ4v) is 2.89. The number of piperazine rings is 1. The number of halogens is 3. The summed E-state index contributed by atoms with van der Waals surface area (Å²) in [4.78, 5) is 25.1. The smallest absolute Gasteiger partial charge is 0.236 e. The Kier molecular flexibility index (Phi) is 15.9. The van der Waals surface area contributed by atoms with Gasteiger partial charge in [0, 0.05) is 45.1 Å². The van der Waals surface area contributed by atoms with E-state index in [1.165, 1.54) is 0 Å². The predicted molar refractivity (Wildman–Crippen MR) is 117 cm³/mol. The standard InChI is InChI=1S/C17H30N6O.3ClH/c1-14(2)13-15(18)16(24)19-7-4-8-22-9-11-23(12-10-22)17-20-5-3-6-21-17;;;/h3,5-6,14-15H,4,7-13,18H2,1-2H3,(H,19,24);3*1H/t15-;;;/m0.../s1. The Hall–Kier alpha value is -0.860. The van der Waals surface area contributed by atoms with Crippen LogP contribution in [0.3, 0.4) is 0 Å². The van der Waals surface area contributed by atoms with Gasteiger partial charge in [0.05, 0.1) is 6.04 Å². The molecule has 1 aliphatic heterocycles. The van der Waals surface area contributed by atoms with Crippen LogP contribution < -0.4 is 16.0 Å². The van der Waals surface area contributed by atoms with Crippen molar-refractivity contribution in [1.29, 1.82) is 0 Å². The third kappa shape index (κ3) is 10.3. The maximum Gasteiger partial charge on any atom is 0.236 e. The van der Waals surface area contributed by atoms with E-state index in [1.54, 1.807) is 12.4 Å². The number of amides is 1. The monoisotopic (exact) mass is 442 g/mol. The summed E-state index contributed by atoms with van der Waals surface area (Å²) in [7, 11) is 0. The molecule has 1 atom stereocenters. The van der Waals surface area contributed by atoms with Gasteiger partial charge < -0.3 is 16.0 Å². The summed E-state index contributed by atoms with van der Waals surface area (Å²) >= 11 is 0. The number of nitrogens with one attached hydrogen (secondary N) is 1. The highest BCUT2D eigenvalue weighted by Gasteiger charge is 2.18. The second-order valence-electron chi connectivity index (χ2n) is 6.76. The maximum atomic E-state index is 11.9. The molecule has 27 heavy (non-hydrogen) atoms. The first-order valence-electron chi connectivity index (χ1n) is 8.84. The molecule has 1 aliphatic rings. The first kappa shape index (κ1) is 28.4. The topological polar surface area (TPSA) is 87.4 Å². The molecule has 10 heteroatoms. The van der Waals surface area contributed by atoms with Crippen molar-refractivity contribution in [2.75, 3.05) is 44.2 Å². The lowest BCUT2D eigenvalue weighted by atomic mass is 10.0. The molecule has 1 aromatic rings. The molecule has 0 saturated carbocycles. The molecule has 7 nitrogen and oxygen atoms in total. The summed E-state index contributed by atoms with van der Waals surface area (Å²) in [6.07, 6.45) is 5.24. The molecule has 2 heterocycles. The number of hydrogen-bond donors (Lipinski definition) is 2. The van der Waals surface area contributed by atoms with Crippen LogP contribution in [0.15, 0.2) is 18.5 Å². The summed E-state index contributed by atoms with van der Waals surface area (Å²) < 4.78 is 0. The van der Waals surface area contributed by atoms with Crippen molar-refractivity contribution in [3.05, 3.63) is 18.5 Å². The minimum absolute atomic E-state index is 0. The van der Waals surface area contributed by atoms with Crippen LogP contribution in [0.1, 0.15) is 26.7 Å². The van der Waals surface area contributed by atoms with Crippen molar-refractivity contribution in [3.8, 4) is 0 Å². The molecule has 1 aromatic heterocycles. The van der Waals surface area contributed by atoms with Crippen molar-refractivity contribution < 1.29 is 4.79 Å². The molecular weight excluding hydrogens is 411 g/mol. The van der Waals surface area contributed by atoms with Crippen molar-refractivity contribution in [2.45, 2.75) is 32.7 Å². The van der Waals surface area contributed by atoms with Crippen LogP contribution in [0.2, 0.25) is 0 Å². The van der Waals surface area contributed by atoms with Crippen LogP contribution in [0, 0.1) is 5.92 Å². The zero-order chi connectivity index (χ0) is 17.4. The lowest BCUT2D eigenvalue weighted by molar-refractivity contribution is -0.122. The molecule has 1 saturated heterocycles. The Balaban J connectivity index is 0. The molecule has 1 fully saturated rings. The van der Waals surface area contributed by atoms with Gasteiger partial charge in [0.1, 0.15) is 0 Å². The predicted octanol–water partition coefficient (Wildman–Crippen LogP) is 1.74. The first-order chi connectivity index (χ1) is 11.6. The highest BCUT2D eigenvalue weighted by atomic mass is 35.5. The third-order valence-corrected chi connectivity index (χ3v) is 4.22. The van der Waals surface area contributed by atoms with E-state index in [2.05, 4.69) is 38.9 Å². The van der Waals surface area contributed by atoms with Crippen LogP contribution in [-0.4, -0.2) is 66.1 Å². The summed E-state index contributed by atoms with van der Waals surface area (Å²) in [5.74, 6) is 1.22. The van der Waals surface area contributed by atoms with Gasteiger partial charge in [0.15, 0.2) is 0 Å². The van der Waals surface area contributed by atoms with E-state index < -0.39 is 0 Å². The van der Waals surface area contributed by atoms with E-state index in [9.17, 15) is 4.79 Å². The maximum absolute atomic E-state index is 11.9. The molecule has 1 amide bonds. The van der Waals surface area contributed by atoms with Gasteiger partial charge in [0.2, 0.25) is 11.9 Å². The molecule has 0 radical (unpaired) electrons. The Morgan fingerprint density at radius 2 is 1.74 bits per heavy atom. The van der Waals surface area contributed by atoms with Crippen molar-refractivity contribution in [1.82, 2.24) is 20.2 Å². The highest BCUT2D eigenvalue weighted by Crippen LogP contribution is 2.09. The van der Waals surface area contributed by atoms with Crippen LogP contribution in [0.5, 0.6) is 0 Å². The fourth-order valence-electron chi connectivity index (χ4n) is 2.89. The number of nitrogens with zero attached hydrogens (tertiary/aromatic N) is 4. The second kappa shape index (κ2) is 15.1. The molecule has 2 rings (SSSR count). The number of hydrogen-bond acceptors (Lipinski definition) is 6. The van der Waals surface area contributed by atoms with Crippen LogP contribution >= 0.6 is 37.2 Å². The molecule has 0 aliphatic carbocycles. The Morgan fingerprint density at radius 3 is 2.30 bits per heavy atom. The van der Waals surface area contributed by atoms with E-state index in [-0.39, 0.29) is 49.2 Å². The van der Waals surface area contributed by atoms with Gasteiger partial charge >= 0.3 is 0 Å². The van der Waals surface area contributed by atoms with Crippen LogP contribution in [0.4, 0.5) is 5.95 Å². The van der Waals surface area contributed by atoms with E-state index in [1.807, 2.05) is 6.07 Å². The van der Waals surface area contributed by atoms with Gasteiger partial charge in [-0.3, -0.25) is 9.69 Å². The first-order valence-corrected chi connectivity index (χ1v) is 8.84. The minimum Gasteiger partial charge on any atom is -0.355 e. The van der Waals surface area contributed by atoms with Gasteiger partial charge in [-0.15, -0.1) is 37.2 Å². The summed E-state index contributed by atoms with van der Waals surface area (Å²) in [5.41, 5.74) is 5.87. The third-order valence-electron chi connectivity index (χ3n) is 4.22. The number of aromatic nitrogens is 2. The minimum atomic E-state index is -0.389. The summed E-state index contributed by atoms with van der Waals surface area (Å²) in [6.45, 7) is 9.71. The van der Waals surface area contributed by atoms with Gasteiger partial charge in [0.25, 0.3) is 0 Å². The zero-order valence-electron chi connectivity index (χ0n) is 16.0. The molecule has 0 aromatic carbocycles. The van der Waals surface area contributed by atoms with Crippen LogP contribution in [0.25, 0.3) is 0 Å². The van der Waals surface area contributed by atoms with Crippen molar-refractivity contribution in [3.63, 3.8) is 0 Å². The largest absolute Gasteiger partial charge is 0.355 e. The number of anilines is 1. The normalized spacial score (nSPS) is 15.2. The van der Waals surface area contributed by atoms with Crippen LogP contribution in [-0.2, 0) is 4.79 Å². The van der Waals surface area contributed by atoms with Gasteiger partial charge in [-0.25, -0.2) is 9.97 Å². The molecule has 0 unspecified atom stereocenters. The molecule has 0 spiro atoms. The Morgan fingerprint density at radius 1 is 1.15 bits per heavy atom. The zero-order valence-corrected chi connectivity index (χ0v) is 18.5. The molecule has 3 N–H and O–H groups in total. The molecule has 0 bridgehead atoms. The van der Waals surface area contributed by atoms with E-state index in [0.29, 0.717) is 12.5 Å². The van der Waals surface area contributed by atoms with Crippen molar-refractivity contribution in [2.24, 2.45) is 11.7 Å². The summed E-state index contributed by atoms with van der Waals surface area (Å²) in [6, 6.07) is 1.45. The van der Waals surface area contributed by atoms with Gasteiger partial charge in [-0.2, -0.15) is 0 Å². The molecule has 158 valence electrons. The average Bonchev–Trinajstić information content (AvgIpc) is 2.59. The van der Waals surface area contributed by atoms with Crippen molar-refractivity contribution >= 4 is 49.1 Å². The van der Waals surface area contributed by atoms with E-state index in [4.69, 9.17) is 5.73 Å². The number of rotatable bonds is 8. The average molecular weight is 444 g/mol. The lowest BCUT2D eigenvalue weighted by Gasteiger charge is -2.34. The molecular formula is C17H33Cl3N6O. The fraction of sp³-hybridized carbons (Fsp3) is 0.706. The van der Waals surface area contributed by atoms with Gasteiger partial charge in [-0.1, -0.05) is 13.8 Å². The van der Waals surface area contributed by atoms with E-state index in [0.717, 1.165) is 51.5 Å². The Labute approximate surface area is 181 Å². The quantitative estimate of drug-likeness (QED) is 0.595. The van der Waals surface area contributed by atoms with E-state index >= 15 is 0 Å². The van der Waals surface area contributed by atoms with Gasteiger partial charge in [-0.05, 0) is 31.4 Å².